The molecule has 1 N–H and O–H groups in total. The molecule has 0 radical (unpaired) electrons. The Bertz CT molecular complexity index is 619. The van der Waals surface area contributed by atoms with Gasteiger partial charge < -0.3 is 4.55 Å². The molecule has 0 saturated heterocycles. The van der Waals surface area contributed by atoms with Gasteiger partial charge in [-0.25, -0.2) is 16.8 Å². The average Bonchev–Trinajstić information content (AvgIpc) is 2.13. The van der Waals surface area contributed by atoms with Crippen LogP contribution in [0.4, 0.5) is 5.69 Å². The Morgan fingerprint density at radius 3 is 2.00 bits per heavy atom. The third-order valence-electron chi connectivity index (χ3n) is 1.64. The monoisotopic (exact) mass is 299 g/mol. The van der Waals surface area contributed by atoms with Crippen LogP contribution < -0.4 is 34.3 Å². The van der Waals surface area contributed by atoms with Gasteiger partial charge in [0.2, 0.25) is 10.0 Å². The van der Waals surface area contributed by atoms with E-state index in [1.54, 1.807) is 0 Å². The first kappa shape index (κ1) is 17.6. The zero-order chi connectivity index (χ0) is 13.1. The van der Waals surface area contributed by atoms with Crippen molar-refractivity contribution in [2.75, 3.05) is 11.0 Å². The van der Waals surface area contributed by atoms with Gasteiger partial charge in [0.1, 0.15) is 10.1 Å². The molecule has 0 fully saturated rings. The van der Waals surface area contributed by atoms with E-state index < -0.39 is 20.1 Å². The van der Waals surface area contributed by atoms with E-state index in [2.05, 4.69) is 4.72 Å². The Hall–Kier alpha value is -0.380. The number of hydrogen-bond acceptors (Lipinski definition) is 5. The molecule has 0 aromatic heterocycles. The molecule has 6 nitrogen and oxygen atoms in total. The molecule has 1 aromatic carbocycles. The second-order valence-electron chi connectivity index (χ2n) is 3.29. The standard InChI is InChI=1S/C9H11NO5S2.Na/c1-16(11,12)10-9-4-2-8(3-5-9)6-7-17(13,14)15;/h2-7,10H,1H3,(H,13,14,15);/q;+1/p-1/b7-6+;. The van der Waals surface area contributed by atoms with E-state index in [0.29, 0.717) is 16.7 Å². The van der Waals surface area contributed by atoms with Crippen molar-refractivity contribution in [3.05, 3.63) is 35.2 Å². The third kappa shape index (κ3) is 7.85. The number of rotatable bonds is 4. The van der Waals surface area contributed by atoms with E-state index in [1.807, 2.05) is 0 Å². The fourth-order valence-corrected chi connectivity index (χ4v) is 1.93. The summed E-state index contributed by atoms with van der Waals surface area (Å²) in [4.78, 5) is 0. The van der Waals surface area contributed by atoms with Gasteiger partial charge in [-0.2, -0.15) is 0 Å². The molecule has 0 spiro atoms. The molecule has 94 valence electrons. The molecule has 0 aliphatic rings. The Morgan fingerprint density at radius 2 is 1.61 bits per heavy atom. The predicted molar refractivity (Wildman–Crippen MR) is 63.6 cm³/mol. The summed E-state index contributed by atoms with van der Waals surface area (Å²) >= 11 is 0. The number of sulfonamides is 1. The maximum absolute atomic E-state index is 10.9. The quantitative estimate of drug-likeness (QED) is 0.492. The molecular formula is C9H10NNaO5S2. The van der Waals surface area contributed by atoms with Crippen LogP contribution in [-0.4, -0.2) is 27.6 Å². The minimum atomic E-state index is -4.40. The van der Waals surface area contributed by atoms with Gasteiger partial charge in [-0.15, -0.1) is 0 Å². The topological polar surface area (TPSA) is 103 Å². The van der Waals surface area contributed by atoms with E-state index in [0.717, 1.165) is 12.3 Å². The molecule has 0 amide bonds. The van der Waals surface area contributed by atoms with E-state index >= 15 is 0 Å². The molecule has 0 bridgehead atoms. The summed E-state index contributed by atoms with van der Waals surface area (Å²) in [6.45, 7) is 0. The van der Waals surface area contributed by atoms with Crippen LogP contribution in [0.15, 0.2) is 29.7 Å². The van der Waals surface area contributed by atoms with Crippen molar-refractivity contribution in [2.24, 2.45) is 0 Å². The summed E-state index contributed by atoms with van der Waals surface area (Å²) in [6, 6.07) is 5.88. The Balaban J connectivity index is 0.00000289. The van der Waals surface area contributed by atoms with Crippen LogP contribution in [0.1, 0.15) is 5.56 Å². The van der Waals surface area contributed by atoms with Gasteiger partial charge in [0, 0.05) is 11.1 Å². The largest absolute Gasteiger partial charge is 1.00 e. The fourth-order valence-electron chi connectivity index (χ4n) is 1.04. The molecule has 9 heteroatoms. The maximum atomic E-state index is 10.9. The molecular weight excluding hydrogens is 289 g/mol. The minimum absolute atomic E-state index is 0. The van der Waals surface area contributed by atoms with Gasteiger partial charge in [-0.05, 0) is 23.8 Å². The summed E-state index contributed by atoms with van der Waals surface area (Å²) < 4.78 is 55.0. The fraction of sp³-hybridized carbons (Fsp3) is 0.111. The van der Waals surface area contributed by atoms with Crippen molar-refractivity contribution in [1.29, 1.82) is 0 Å². The molecule has 1 rings (SSSR count). The van der Waals surface area contributed by atoms with Crippen LogP contribution in [-0.2, 0) is 20.1 Å². The van der Waals surface area contributed by atoms with Crippen LogP contribution in [0.5, 0.6) is 0 Å². The molecule has 0 aliphatic carbocycles. The summed E-state index contributed by atoms with van der Waals surface area (Å²) in [7, 11) is -7.74. The zero-order valence-electron chi connectivity index (χ0n) is 9.82. The predicted octanol–water partition coefficient (Wildman–Crippen LogP) is -2.42. The summed E-state index contributed by atoms with van der Waals surface area (Å²) in [5.74, 6) is 0. The summed E-state index contributed by atoms with van der Waals surface area (Å²) in [6.07, 6.45) is 2.15. The maximum Gasteiger partial charge on any atom is 1.00 e. The first-order chi connectivity index (χ1) is 7.66. The van der Waals surface area contributed by atoms with E-state index in [1.165, 1.54) is 24.3 Å². The van der Waals surface area contributed by atoms with Crippen molar-refractivity contribution in [3.63, 3.8) is 0 Å². The second kappa shape index (κ2) is 6.69. The van der Waals surface area contributed by atoms with Crippen molar-refractivity contribution in [1.82, 2.24) is 0 Å². The molecule has 0 unspecified atom stereocenters. The molecule has 1 aromatic rings. The van der Waals surface area contributed by atoms with Gasteiger partial charge in [0.05, 0.1) is 6.26 Å². The number of nitrogens with one attached hydrogen (secondary N) is 1. The van der Waals surface area contributed by atoms with Gasteiger partial charge in [0.25, 0.3) is 0 Å². The zero-order valence-corrected chi connectivity index (χ0v) is 13.5. The Kier molecular flexibility index (Phi) is 6.55. The normalized spacial score (nSPS) is 12.1. The molecule has 0 atom stereocenters. The van der Waals surface area contributed by atoms with Crippen molar-refractivity contribution < 1.29 is 50.9 Å². The van der Waals surface area contributed by atoms with Gasteiger partial charge in [0.15, 0.2) is 0 Å². The number of benzene rings is 1. The number of hydrogen-bond donors (Lipinski definition) is 1. The van der Waals surface area contributed by atoms with Crippen LogP contribution >= 0.6 is 0 Å². The average molecular weight is 299 g/mol. The Labute approximate surface area is 128 Å². The van der Waals surface area contributed by atoms with E-state index in [4.69, 9.17) is 0 Å². The van der Waals surface area contributed by atoms with Crippen molar-refractivity contribution >= 4 is 31.9 Å². The van der Waals surface area contributed by atoms with E-state index in [9.17, 15) is 21.4 Å². The Morgan fingerprint density at radius 1 is 1.11 bits per heavy atom. The number of anilines is 1. The molecule has 0 heterocycles. The van der Waals surface area contributed by atoms with Crippen LogP contribution in [0.3, 0.4) is 0 Å². The van der Waals surface area contributed by atoms with Gasteiger partial charge in [-0.1, -0.05) is 12.1 Å². The molecule has 0 aliphatic heterocycles. The second-order valence-corrected chi connectivity index (χ2v) is 6.30. The first-order valence-corrected chi connectivity index (χ1v) is 7.74. The van der Waals surface area contributed by atoms with Crippen LogP contribution in [0, 0.1) is 0 Å². The molecule has 18 heavy (non-hydrogen) atoms. The van der Waals surface area contributed by atoms with Gasteiger partial charge in [-0.3, -0.25) is 4.72 Å². The van der Waals surface area contributed by atoms with E-state index in [-0.39, 0.29) is 29.6 Å². The SMILES string of the molecule is CS(=O)(=O)Nc1ccc(/C=C/S(=O)(=O)[O-])cc1.[Na+]. The first-order valence-electron chi connectivity index (χ1n) is 4.37. The summed E-state index contributed by atoms with van der Waals surface area (Å²) in [5, 5.41) is 0.534. The summed E-state index contributed by atoms with van der Waals surface area (Å²) in [5.41, 5.74) is 0.832. The van der Waals surface area contributed by atoms with Crippen molar-refractivity contribution in [2.45, 2.75) is 0 Å². The smallest absolute Gasteiger partial charge is 0.744 e. The van der Waals surface area contributed by atoms with Crippen LogP contribution in [0.2, 0.25) is 0 Å². The third-order valence-corrected chi connectivity index (χ3v) is 2.72. The van der Waals surface area contributed by atoms with Gasteiger partial charge >= 0.3 is 29.6 Å². The van der Waals surface area contributed by atoms with Crippen LogP contribution in [0.25, 0.3) is 6.08 Å². The minimum Gasteiger partial charge on any atom is -0.744 e. The molecule has 0 saturated carbocycles. The van der Waals surface area contributed by atoms with Crippen molar-refractivity contribution in [3.8, 4) is 0 Å².